The first-order valence-corrected chi connectivity index (χ1v) is 7.05. The van der Waals surface area contributed by atoms with E-state index in [1.165, 1.54) is 11.1 Å². The lowest BCUT2D eigenvalue weighted by Crippen LogP contribution is -1.86. The SMILES string of the molecule is C/C=C(Br)\C=C/Cc1cccc(C2=C=C=CC=C2)c1. The van der Waals surface area contributed by atoms with Gasteiger partial charge >= 0.3 is 0 Å². The molecule has 1 aliphatic rings. The van der Waals surface area contributed by atoms with Gasteiger partial charge in [-0.1, -0.05) is 76.0 Å². The van der Waals surface area contributed by atoms with Gasteiger partial charge in [0.1, 0.15) is 0 Å². The van der Waals surface area contributed by atoms with Crippen molar-refractivity contribution in [2.24, 2.45) is 0 Å². The topological polar surface area (TPSA) is 0 Å². The van der Waals surface area contributed by atoms with Crippen LogP contribution in [0.1, 0.15) is 18.1 Å². The van der Waals surface area contributed by atoms with Crippen molar-refractivity contribution in [2.75, 3.05) is 0 Å². The van der Waals surface area contributed by atoms with Crippen molar-refractivity contribution in [2.45, 2.75) is 13.3 Å². The molecule has 1 heteroatoms. The molecule has 0 unspecified atom stereocenters. The van der Waals surface area contributed by atoms with E-state index >= 15 is 0 Å². The minimum Gasteiger partial charge on any atom is -0.0790 e. The van der Waals surface area contributed by atoms with Gasteiger partial charge in [-0.3, -0.25) is 0 Å². The standard InChI is InChI=1S/C18H15Br/c1-2-18(19)13-7-9-15-8-6-12-17(14-15)16-10-4-3-5-11-16/h2-4,6-8,10,12-14H,9H2,1H3/b13-7-,18-2+. The molecule has 1 aliphatic carbocycles. The van der Waals surface area contributed by atoms with E-state index in [9.17, 15) is 0 Å². The maximum absolute atomic E-state index is 3.47. The van der Waals surface area contributed by atoms with Crippen LogP contribution < -0.4 is 0 Å². The summed E-state index contributed by atoms with van der Waals surface area (Å²) < 4.78 is 1.11. The van der Waals surface area contributed by atoms with Crippen molar-refractivity contribution < 1.29 is 0 Å². The Hall–Kier alpha value is -1.78. The third kappa shape index (κ3) is 4.12. The summed E-state index contributed by atoms with van der Waals surface area (Å²) in [5.41, 5.74) is 9.70. The molecule has 0 atom stereocenters. The second-order valence-corrected chi connectivity index (χ2v) is 5.10. The molecular weight excluding hydrogens is 296 g/mol. The lowest BCUT2D eigenvalue weighted by molar-refractivity contribution is 1.26. The fourth-order valence-corrected chi connectivity index (χ4v) is 1.98. The molecule has 0 N–H and O–H groups in total. The van der Waals surface area contributed by atoms with Gasteiger partial charge in [0.05, 0.1) is 0 Å². The second-order valence-electron chi connectivity index (χ2n) is 4.19. The Morgan fingerprint density at radius 2 is 2.26 bits per heavy atom. The molecule has 0 nitrogen and oxygen atoms in total. The third-order valence-electron chi connectivity index (χ3n) is 2.79. The zero-order valence-electron chi connectivity index (χ0n) is 10.9. The van der Waals surface area contributed by atoms with Gasteiger partial charge < -0.3 is 0 Å². The second kappa shape index (κ2) is 6.97. The largest absolute Gasteiger partial charge is 0.0790 e. The van der Waals surface area contributed by atoms with Gasteiger partial charge in [0, 0.05) is 10.1 Å². The van der Waals surface area contributed by atoms with E-state index in [1.54, 1.807) is 0 Å². The van der Waals surface area contributed by atoms with Crippen LogP contribution in [0.25, 0.3) is 5.57 Å². The van der Waals surface area contributed by atoms with Crippen molar-refractivity contribution in [3.05, 3.63) is 87.8 Å². The molecular formula is C18H15Br. The maximum Gasteiger partial charge on any atom is 0.0321 e. The average Bonchev–Trinajstić information content (AvgIpc) is 2.48. The zero-order chi connectivity index (χ0) is 13.5. The van der Waals surface area contributed by atoms with Crippen molar-refractivity contribution in [1.29, 1.82) is 0 Å². The molecule has 0 bridgehead atoms. The molecule has 0 saturated carbocycles. The van der Waals surface area contributed by atoms with Crippen LogP contribution in [-0.2, 0) is 6.42 Å². The molecule has 0 amide bonds. The van der Waals surface area contributed by atoms with Crippen LogP contribution in [0.5, 0.6) is 0 Å². The van der Waals surface area contributed by atoms with Gasteiger partial charge in [0.25, 0.3) is 0 Å². The summed E-state index contributed by atoms with van der Waals surface area (Å²) in [7, 11) is 0. The highest BCUT2D eigenvalue weighted by molar-refractivity contribution is 9.11. The molecule has 0 saturated heterocycles. The average molecular weight is 311 g/mol. The Morgan fingerprint density at radius 3 is 3.00 bits per heavy atom. The van der Waals surface area contributed by atoms with Gasteiger partial charge in [-0.05, 0) is 36.6 Å². The van der Waals surface area contributed by atoms with Crippen molar-refractivity contribution >= 4 is 21.5 Å². The van der Waals surface area contributed by atoms with Gasteiger partial charge in [-0.25, -0.2) is 0 Å². The van der Waals surface area contributed by atoms with Crippen LogP contribution in [0.3, 0.4) is 0 Å². The molecule has 0 fully saturated rings. The Bertz CT molecular complexity index is 644. The van der Waals surface area contributed by atoms with Gasteiger partial charge in [-0.2, -0.15) is 0 Å². The normalized spacial score (nSPS) is 14.2. The van der Waals surface area contributed by atoms with Crippen LogP contribution in [-0.4, -0.2) is 0 Å². The molecule has 2 rings (SSSR count). The number of rotatable bonds is 4. The highest BCUT2D eigenvalue weighted by Gasteiger charge is 1.99. The van der Waals surface area contributed by atoms with E-state index in [2.05, 4.69) is 69.9 Å². The predicted octanol–water partition coefficient (Wildman–Crippen LogP) is 5.35. The monoisotopic (exact) mass is 310 g/mol. The molecule has 0 aromatic heterocycles. The van der Waals surface area contributed by atoms with E-state index in [4.69, 9.17) is 0 Å². The van der Waals surface area contributed by atoms with Crippen LogP contribution in [0, 0.1) is 0 Å². The lowest BCUT2D eigenvalue weighted by Gasteiger charge is -2.03. The molecule has 94 valence electrons. The summed E-state index contributed by atoms with van der Waals surface area (Å²) in [6.45, 7) is 2.01. The van der Waals surface area contributed by atoms with E-state index in [-0.39, 0.29) is 0 Å². The van der Waals surface area contributed by atoms with Gasteiger partial charge in [0.15, 0.2) is 0 Å². The zero-order valence-corrected chi connectivity index (χ0v) is 12.4. The fraction of sp³-hybridized carbons (Fsp3) is 0.111. The summed E-state index contributed by atoms with van der Waals surface area (Å²) in [6, 6.07) is 8.54. The van der Waals surface area contributed by atoms with Crippen molar-refractivity contribution in [3.63, 3.8) is 0 Å². The Labute approximate surface area is 123 Å². The quantitative estimate of drug-likeness (QED) is 0.519. The number of hydrogen-bond donors (Lipinski definition) is 0. The Kier molecular flexibility index (Phi) is 5.01. The van der Waals surface area contributed by atoms with E-state index in [0.29, 0.717) is 0 Å². The molecule has 19 heavy (non-hydrogen) atoms. The van der Waals surface area contributed by atoms with Crippen LogP contribution >= 0.6 is 15.9 Å². The molecule has 0 heterocycles. The van der Waals surface area contributed by atoms with E-state index < -0.39 is 0 Å². The molecule has 0 aliphatic heterocycles. The Morgan fingerprint density at radius 1 is 1.37 bits per heavy atom. The first-order chi connectivity index (χ1) is 9.29. The van der Waals surface area contributed by atoms with Crippen LogP contribution in [0.2, 0.25) is 0 Å². The lowest BCUT2D eigenvalue weighted by atomic mass is 10.0. The molecule has 0 radical (unpaired) electrons. The number of benzene rings is 1. The Balaban J connectivity index is 2.16. The van der Waals surface area contributed by atoms with E-state index in [0.717, 1.165) is 16.5 Å². The fourth-order valence-electron chi connectivity index (χ4n) is 1.79. The van der Waals surface area contributed by atoms with Crippen molar-refractivity contribution in [3.8, 4) is 0 Å². The van der Waals surface area contributed by atoms with Gasteiger partial charge in [0.2, 0.25) is 0 Å². The summed E-state index contributed by atoms with van der Waals surface area (Å²) in [4.78, 5) is 0. The molecule has 0 spiro atoms. The summed E-state index contributed by atoms with van der Waals surface area (Å²) in [5, 5.41) is 0. The highest BCUT2D eigenvalue weighted by atomic mass is 79.9. The molecule has 1 aromatic rings. The number of allylic oxidation sites excluding steroid dienone is 8. The number of hydrogen-bond acceptors (Lipinski definition) is 0. The van der Waals surface area contributed by atoms with Crippen LogP contribution in [0.4, 0.5) is 0 Å². The minimum absolute atomic E-state index is 0.924. The summed E-state index contributed by atoms with van der Waals surface area (Å²) in [5.74, 6) is 0. The summed E-state index contributed by atoms with van der Waals surface area (Å²) >= 11 is 3.47. The molecule has 1 aromatic carbocycles. The summed E-state index contributed by atoms with van der Waals surface area (Å²) in [6.07, 6.45) is 13.1. The first kappa shape index (κ1) is 13.6. The van der Waals surface area contributed by atoms with E-state index in [1.807, 2.05) is 25.2 Å². The first-order valence-electron chi connectivity index (χ1n) is 6.25. The highest BCUT2D eigenvalue weighted by Crippen LogP contribution is 2.18. The third-order valence-corrected chi connectivity index (χ3v) is 3.52. The maximum atomic E-state index is 3.47. The smallest absolute Gasteiger partial charge is 0.0321 e. The van der Waals surface area contributed by atoms with Crippen LogP contribution in [0.15, 0.2) is 76.7 Å². The van der Waals surface area contributed by atoms with Crippen molar-refractivity contribution in [1.82, 2.24) is 0 Å². The predicted molar refractivity (Wildman–Crippen MR) is 86.1 cm³/mol. The van der Waals surface area contributed by atoms with Gasteiger partial charge in [-0.15, -0.1) is 0 Å². The number of halogens is 1. The minimum atomic E-state index is 0.924.